The number of benzene rings is 3. The molecule has 1 N–H and O–H groups in total. The molecule has 0 radical (unpaired) electrons. The van der Waals surface area contributed by atoms with E-state index in [1.807, 2.05) is 30.3 Å². The monoisotopic (exact) mass is 395 g/mol. The van der Waals surface area contributed by atoms with Crippen LogP contribution in [0.4, 0.5) is 5.69 Å². The Balaban J connectivity index is 1.50. The smallest absolute Gasteiger partial charge is 0.274 e. The molecule has 0 spiro atoms. The predicted octanol–water partition coefficient (Wildman–Crippen LogP) is 5.16. The predicted molar refractivity (Wildman–Crippen MR) is 114 cm³/mol. The normalized spacial score (nSPS) is 10.3. The lowest BCUT2D eigenvalue weighted by Gasteiger charge is -2.11. The highest BCUT2D eigenvalue weighted by molar-refractivity contribution is 6.11. The second-order valence-corrected chi connectivity index (χ2v) is 6.44. The van der Waals surface area contributed by atoms with Crippen LogP contribution in [0, 0.1) is 11.3 Å². The molecule has 1 amide bonds. The molecule has 0 aliphatic heterocycles. The van der Waals surface area contributed by atoms with Crippen molar-refractivity contribution in [2.75, 3.05) is 12.4 Å². The molecule has 0 fully saturated rings. The van der Waals surface area contributed by atoms with Gasteiger partial charge in [-0.05, 0) is 47.9 Å². The topological polar surface area (TPSA) is 84.2 Å². The zero-order chi connectivity index (χ0) is 20.9. The van der Waals surface area contributed by atoms with Crippen LogP contribution in [0.15, 0.2) is 79.0 Å². The molecule has 3 aromatic carbocycles. The van der Waals surface area contributed by atoms with E-state index in [4.69, 9.17) is 14.7 Å². The van der Waals surface area contributed by atoms with Gasteiger partial charge in [0.1, 0.15) is 11.4 Å². The van der Waals surface area contributed by atoms with Gasteiger partial charge in [-0.3, -0.25) is 9.78 Å². The number of carbonyl (C=O) groups excluding carboxylic acids is 1. The Kier molecular flexibility index (Phi) is 5.27. The maximum absolute atomic E-state index is 12.7. The van der Waals surface area contributed by atoms with E-state index in [2.05, 4.69) is 16.4 Å². The van der Waals surface area contributed by atoms with E-state index in [0.717, 1.165) is 10.8 Å². The van der Waals surface area contributed by atoms with E-state index in [0.29, 0.717) is 34.2 Å². The molecule has 4 rings (SSSR count). The number of hydrogen-bond donors (Lipinski definition) is 1. The molecule has 1 heterocycles. The van der Waals surface area contributed by atoms with Crippen LogP contribution in [0.2, 0.25) is 0 Å². The number of aromatic nitrogens is 1. The molecule has 6 heteroatoms. The van der Waals surface area contributed by atoms with Crippen molar-refractivity contribution >= 4 is 22.4 Å². The Bertz CT molecular complexity index is 1260. The minimum absolute atomic E-state index is 0.283. The number of carbonyl (C=O) groups is 1. The van der Waals surface area contributed by atoms with Gasteiger partial charge in [0.2, 0.25) is 0 Å². The zero-order valence-electron chi connectivity index (χ0n) is 16.1. The number of fused-ring (bicyclic) bond motifs is 1. The van der Waals surface area contributed by atoms with Crippen LogP contribution >= 0.6 is 0 Å². The van der Waals surface area contributed by atoms with Gasteiger partial charge in [-0.15, -0.1) is 0 Å². The van der Waals surface area contributed by atoms with Gasteiger partial charge < -0.3 is 14.8 Å². The second-order valence-electron chi connectivity index (χ2n) is 6.44. The van der Waals surface area contributed by atoms with Gasteiger partial charge in [0.15, 0.2) is 11.5 Å². The number of ether oxygens (including phenoxy) is 2. The van der Waals surface area contributed by atoms with E-state index in [1.54, 1.807) is 48.7 Å². The van der Waals surface area contributed by atoms with Gasteiger partial charge in [-0.25, -0.2) is 0 Å². The first kappa shape index (κ1) is 19.0. The zero-order valence-corrected chi connectivity index (χ0v) is 16.1. The van der Waals surface area contributed by atoms with Crippen LogP contribution in [0.5, 0.6) is 17.2 Å². The number of pyridine rings is 1. The van der Waals surface area contributed by atoms with Crippen molar-refractivity contribution in [3.8, 4) is 23.3 Å². The molecule has 0 aliphatic rings. The Morgan fingerprint density at radius 3 is 2.57 bits per heavy atom. The lowest BCUT2D eigenvalue weighted by atomic mass is 10.1. The van der Waals surface area contributed by atoms with Crippen LogP contribution < -0.4 is 14.8 Å². The van der Waals surface area contributed by atoms with Crippen LogP contribution in [0.25, 0.3) is 10.8 Å². The Hall–Kier alpha value is -4.37. The standard InChI is InChI=1S/C24H17N3O3/c1-29-22-14-16(15-25)6-11-21(22)30-19-9-7-18(8-10-19)27-24(28)23-20-5-3-2-4-17(20)12-13-26-23/h2-14H,1H3,(H,27,28). The minimum atomic E-state index is -0.283. The summed E-state index contributed by atoms with van der Waals surface area (Å²) >= 11 is 0. The van der Waals surface area contributed by atoms with Gasteiger partial charge in [-0.2, -0.15) is 5.26 Å². The molecule has 1 aromatic heterocycles. The summed E-state index contributed by atoms with van der Waals surface area (Å²) in [6.07, 6.45) is 1.62. The number of nitriles is 1. The Morgan fingerprint density at radius 2 is 1.80 bits per heavy atom. The summed E-state index contributed by atoms with van der Waals surface area (Å²) in [5.74, 6) is 1.25. The van der Waals surface area contributed by atoms with Crippen molar-refractivity contribution in [1.29, 1.82) is 5.26 Å². The first-order valence-electron chi connectivity index (χ1n) is 9.19. The summed E-state index contributed by atoms with van der Waals surface area (Å²) in [7, 11) is 1.52. The fourth-order valence-corrected chi connectivity index (χ4v) is 3.05. The van der Waals surface area contributed by atoms with Crippen LogP contribution in [-0.2, 0) is 0 Å². The van der Waals surface area contributed by atoms with Crippen LogP contribution in [0.3, 0.4) is 0 Å². The number of methoxy groups -OCH3 is 1. The summed E-state index contributed by atoms with van der Waals surface area (Å²) in [4.78, 5) is 16.9. The number of nitrogens with zero attached hydrogens (tertiary/aromatic N) is 2. The van der Waals surface area contributed by atoms with Crippen LogP contribution in [0.1, 0.15) is 16.1 Å². The van der Waals surface area contributed by atoms with Gasteiger partial charge >= 0.3 is 0 Å². The van der Waals surface area contributed by atoms with Gasteiger partial charge in [0, 0.05) is 23.3 Å². The molecule has 0 atom stereocenters. The summed E-state index contributed by atoms with van der Waals surface area (Å²) in [6.45, 7) is 0. The molecule has 30 heavy (non-hydrogen) atoms. The van der Waals surface area contributed by atoms with Crippen molar-refractivity contribution in [2.45, 2.75) is 0 Å². The fraction of sp³-hybridized carbons (Fsp3) is 0.0417. The van der Waals surface area contributed by atoms with Crippen LogP contribution in [-0.4, -0.2) is 18.0 Å². The van der Waals surface area contributed by atoms with E-state index in [1.165, 1.54) is 7.11 Å². The second kappa shape index (κ2) is 8.33. The Morgan fingerprint density at radius 1 is 1.00 bits per heavy atom. The molecule has 0 saturated carbocycles. The van der Waals surface area contributed by atoms with E-state index >= 15 is 0 Å². The first-order chi connectivity index (χ1) is 14.7. The van der Waals surface area contributed by atoms with Gasteiger partial charge in [-0.1, -0.05) is 24.3 Å². The van der Waals surface area contributed by atoms with E-state index in [-0.39, 0.29) is 5.91 Å². The van der Waals surface area contributed by atoms with E-state index < -0.39 is 0 Å². The summed E-state index contributed by atoms with van der Waals surface area (Å²) in [6, 6.07) is 23.5. The molecule has 0 saturated heterocycles. The lowest BCUT2D eigenvalue weighted by molar-refractivity contribution is 0.102. The van der Waals surface area contributed by atoms with Gasteiger partial charge in [0.25, 0.3) is 5.91 Å². The lowest BCUT2D eigenvalue weighted by Crippen LogP contribution is -2.14. The summed E-state index contributed by atoms with van der Waals surface area (Å²) < 4.78 is 11.1. The summed E-state index contributed by atoms with van der Waals surface area (Å²) in [5, 5.41) is 13.6. The molecule has 0 bridgehead atoms. The number of nitrogens with one attached hydrogen (secondary N) is 1. The average Bonchev–Trinajstić information content (AvgIpc) is 2.80. The van der Waals surface area contributed by atoms with Crippen molar-refractivity contribution < 1.29 is 14.3 Å². The van der Waals surface area contributed by atoms with E-state index in [9.17, 15) is 4.79 Å². The van der Waals surface area contributed by atoms with Crippen molar-refractivity contribution in [3.63, 3.8) is 0 Å². The van der Waals surface area contributed by atoms with Gasteiger partial charge in [0.05, 0.1) is 18.7 Å². The first-order valence-corrected chi connectivity index (χ1v) is 9.19. The number of amides is 1. The molecular formula is C24H17N3O3. The van der Waals surface area contributed by atoms with Crippen molar-refractivity contribution in [3.05, 3.63) is 90.3 Å². The third-order valence-corrected chi connectivity index (χ3v) is 4.52. The SMILES string of the molecule is COc1cc(C#N)ccc1Oc1ccc(NC(=O)c2nccc3ccccc23)cc1. The molecule has 0 aliphatic carbocycles. The molecule has 146 valence electrons. The number of hydrogen-bond acceptors (Lipinski definition) is 5. The maximum Gasteiger partial charge on any atom is 0.274 e. The largest absolute Gasteiger partial charge is 0.493 e. The third-order valence-electron chi connectivity index (χ3n) is 4.52. The number of anilines is 1. The highest BCUT2D eigenvalue weighted by Crippen LogP contribution is 2.32. The molecule has 6 nitrogen and oxygen atoms in total. The Labute approximate surface area is 173 Å². The molecule has 0 unspecified atom stereocenters. The summed E-state index contributed by atoms with van der Waals surface area (Å²) in [5.41, 5.74) is 1.48. The fourth-order valence-electron chi connectivity index (χ4n) is 3.05. The minimum Gasteiger partial charge on any atom is -0.493 e. The maximum atomic E-state index is 12.7. The molecular weight excluding hydrogens is 378 g/mol. The highest BCUT2D eigenvalue weighted by atomic mass is 16.5. The van der Waals surface area contributed by atoms with Crippen molar-refractivity contribution in [1.82, 2.24) is 4.98 Å². The molecule has 4 aromatic rings. The third kappa shape index (κ3) is 3.91. The number of rotatable bonds is 5. The average molecular weight is 395 g/mol. The quantitative estimate of drug-likeness (QED) is 0.505. The van der Waals surface area contributed by atoms with Crippen molar-refractivity contribution in [2.24, 2.45) is 0 Å². The highest BCUT2D eigenvalue weighted by Gasteiger charge is 2.12.